The maximum absolute atomic E-state index is 13.3. The number of benzene rings is 2. The zero-order valence-corrected chi connectivity index (χ0v) is 20.0. The summed E-state index contributed by atoms with van der Waals surface area (Å²) in [5.74, 6) is -2.78. The van der Waals surface area contributed by atoms with Crippen molar-refractivity contribution in [3.63, 3.8) is 0 Å². The predicted molar refractivity (Wildman–Crippen MR) is 126 cm³/mol. The molecule has 180 valence electrons. The van der Waals surface area contributed by atoms with Crippen LogP contribution in [0.25, 0.3) is 10.9 Å². The van der Waals surface area contributed by atoms with Gasteiger partial charge in [-0.2, -0.15) is 5.10 Å². The topological polar surface area (TPSA) is 113 Å². The van der Waals surface area contributed by atoms with Crippen molar-refractivity contribution in [3.8, 4) is 0 Å². The van der Waals surface area contributed by atoms with Gasteiger partial charge >= 0.3 is 5.97 Å². The third-order valence-corrected chi connectivity index (χ3v) is 5.62. The highest BCUT2D eigenvalue weighted by Crippen LogP contribution is 2.28. The average Bonchev–Trinajstić information content (AvgIpc) is 3.12. The van der Waals surface area contributed by atoms with Crippen molar-refractivity contribution in [2.45, 2.75) is 46.3 Å². The van der Waals surface area contributed by atoms with Crippen LogP contribution in [-0.2, 0) is 16.1 Å². The molecule has 1 aromatic heterocycles. The molecule has 0 bridgehead atoms. The Morgan fingerprint density at radius 2 is 1.76 bits per heavy atom. The summed E-state index contributed by atoms with van der Waals surface area (Å²) in [5, 5.41) is 19.5. The van der Waals surface area contributed by atoms with Gasteiger partial charge in [0.25, 0.3) is 5.91 Å². The third-order valence-electron chi connectivity index (χ3n) is 5.31. The molecule has 34 heavy (non-hydrogen) atoms. The molecule has 0 radical (unpaired) electrons. The van der Waals surface area contributed by atoms with Gasteiger partial charge in [0.05, 0.1) is 17.1 Å². The van der Waals surface area contributed by atoms with Crippen molar-refractivity contribution in [1.82, 2.24) is 20.4 Å². The van der Waals surface area contributed by atoms with Crippen LogP contribution < -0.4 is 10.6 Å². The Balaban J connectivity index is 1.96. The van der Waals surface area contributed by atoms with E-state index in [0.717, 1.165) is 5.56 Å². The molecule has 3 N–H and O–H groups in total. The molecular weight excluding hydrogens is 463 g/mol. The van der Waals surface area contributed by atoms with E-state index in [2.05, 4.69) is 15.7 Å². The molecule has 1 heterocycles. The first-order chi connectivity index (χ1) is 15.9. The van der Waals surface area contributed by atoms with E-state index >= 15 is 0 Å². The smallest absolute Gasteiger partial charge is 0.325 e. The summed E-state index contributed by atoms with van der Waals surface area (Å²) in [6, 6.07) is 8.81. The zero-order valence-electron chi connectivity index (χ0n) is 19.2. The minimum atomic E-state index is -1.19. The predicted octanol–water partition coefficient (Wildman–Crippen LogP) is 3.61. The van der Waals surface area contributed by atoms with Gasteiger partial charge in [-0.05, 0) is 36.1 Å². The molecule has 2 atom stereocenters. The SMILES string of the molecule is C[C@@H](NC(=O)[C@H](NC(=O)c1nn(Cc2ccc(F)cc2)c2c(Cl)cccc12)C(C)(C)C)C(=O)O. The fourth-order valence-corrected chi connectivity index (χ4v) is 3.74. The minimum absolute atomic E-state index is 0.0629. The van der Waals surface area contributed by atoms with Crippen LogP contribution in [0, 0.1) is 11.2 Å². The number of fused-ring (bicyclic) bond motifs is 1. The highest BCUT2D eigenvalue weighted by Gasteiger charge is 2.35. The van der Waals surface area contributed by atoms with Gasteiger partial charge in [0.15, 0.2) is 5.69 Å². The molecule has 0 saturated carbocycles. The van der Waals surface area contributed by atoms with Crippen LogP contribution in [0.3, 0.4) is 0 Å². The number of hydrogen-bond acceptors (Lipinski definition) is 4. The van der Waals surface area contributed by atoms with Crippen molar-refractivity contribution in [2.75, 3.05) is 0 Å². The number of carboxylic acid groups (broad SMARTS) is 1. The molecule has 8 nitrogen and oxygen atoms in total. The molecule has 3 aromatic rings. The molecule has 2 amide bonds. The maximum atomic E-state index is 13.3. The lowest BCUT2D eigenvalue weighted by molar-refractivity contribution is -0.142. The molecule has 0 spiro atoms. The largest absolute Gasteiger partial charge is 0.480 e. The zero-order chi connectivity index (χ0) is 25.2. The van der Waals surface area contributed by atoms with Gasteiger partial charge < -0.3 is 15.7 Å². The number of carboxylic acids is 1. The second kappa shape index (κ2) is 9.80. The van der Waals surface area contributed by atoms with E-state index in [4.69, 9.17) is 16.7 Å². The lowest BCUT2D eigenvalue weighted by atomic mass is 9.85. The number of nitrogens with zero attached hydrogens (tertiary/aromatic N) is 2. The van der Waals surface area contributed by atoms with E-state index in [0.29, 0.717) is 15.9 Å². The summed E-state index contributed by atoms with van der Waals surface area (Å²) in [7, 11) is 0. The van der Waals surface area contributed by atoms with Gasteiger partial charge in [0.2, 0.25) is 5.91 Å². The monoisotopic (exact) mass is 488 g/mol. The lowest BCUT2D eigenvalue weighted by Crippen LogP contribution is -2.56. The number of aromatic nitrogens is 2. The lowest BCUT2D eigenvalue weighted by Gasteiger charge is -2.30. The van der Waals surface area contributed by atoms with E-state index in [1.54, 1.807) is 55.8 Å². The molecule has 0 saturated heterocycles. The summed E-state index contributed by atoms with van der Waals surface area (Å²) in [5.41, 5.74) is 0.623. The normalized spacial score (nSPS) is 13.4. The van der Waals surface area contributed by atoms with Crippen molar-refractivity contribution in [3.05, 3.63) is 64.6 Å². The number of amides is 2. The molecular formula is C24H26ClFN4O4. The van der Waals surface area contributed by atoms with E-state index < -0.39 is 35.3 Å². The number of halogens is 2. The second-order valence-corrected chi connectivity index (χ2v) is 9.52. The molecule has 3 rings (SSSR count). The van der Waals surface area contributed by atoms with Gasteiger partial charge in [-0.3, -0.25) is 19.1 Å². The van der Waals surface area contributed by atoms with Crippen molar-refractivity contribution >= 4 is 40.3 Å². The number of para-hydroxylation sites is 1. The van der Waals surface area contributed by atoms with Crippen LogP contribution >= 0.6 is 11.6 Å². The van der Waals surface area contributed by atoms with Gasteiger partial charge in [-0.15, -0.1) is 0 Å². The fraction of sp³-hybridized carbons (Fsp3) is 0.333. The van der Waals surface area contributed by atoms with Crippen molar-refractivity contribution < 1.29 is 23.9 Å². The van der Waals surface area contributed by atoms with Crippen LogP contribution in [0.1, 0.15) is 43.7 Å². The van der Waals surface area contributed by atoms with E-state index in [1.165, 1.54) is 19.1 Å². The van der Waals surface area contributed by atoms with Gasteiger partial charge in [0.1, 0.15) is 17.9 Å². The summed E-state index contributed by atoms with van der Waals surface area (Å²) < 4.78 is 14.9. The second-order valence-electron chi connectivity index (χ2n) is 9.11. The summed E-state index contributed by atoms with van der Waals surface area (Å²) in [6.45, 7) is 6.85. The Hall–Kier alpha value is -3.46. The number of rotatable bonds is 7. The first-order valence-electron chi connectivity index (χ1n) is 10.6. The average molecular weight is 489 g/mol. The summed E-state index contributed by atoms with van der Waals surface area (Å²) in [6.07, 6.45) is 0. The van der Waals surface area contributed by atoms with Gasteiger partial charge in [-0.25, -0.2) is 4.39 Å². The maximum Gasteiger partial charge on any atom is 0.325 e. The van der Waals surface area contributed by atoms with Crippen LogP contribution in [0.15, 0.2) is 42.5 Å². The number of carbonyl (C=O) groups excluding carboxylic acids is 2. The minimum Gasteiger partial charge on any atom is -0.480 e. The van der Waals surface area contributed by atoms with Gasteiger partial charge in [-0.1, -0.05) is 56.6 Å². The van der Waals surface area contributed by atoms with Crippen molar-refractivity contribution in [1.29, 1.82) is 0 Å². The van der Waals surface area contributed by atoms with Crippen LogP contribution in [0.2, 0.25) is 5.02 Å². The van der Waals surface area contributed by atoms with Crippen molar-refractivity contribution in [2.24, 2.45) is 5.41 Å². The Kier molecular flexibility index (Phi) is 7.26. The van der Waals surface area contributed by atoms with E-state index in [9.17, 15) is 18.8 Å². The summed E-state index contributed by atoms with van der Waals surface area (Å²) >= 11 is 6.42. The number of carbonyl (C=O) groups is 3. The Morgan fingerprint density at radius 1 is 1.12 bits per heavy atom. The molecule has 0 aliphatic rings. The quantitative estimate of drug-likeness (QED) is 0.470. The summed E-state index contributed by atoms with van der Waals surface area (Å²) in [4.78, 5) is 37.2. The van der Waals surface area contributed by atoms with E-state index in [-0.39, 0.29) is 18.1 Å². The molecule has 0 aliphatic carbocycles. The third kappa shape index (κ3) is 5.53. The first kappa shape index (κ1) is 25.2. The Bertz CT molecular complexity index is 1230. The number of hydrogen-bond donors (Lipinski definition) is 3. The van der Waals surface area contributed by atoms with Crippen LogP contribution in [-0.4, -0.2) is 44.8 Å². The highest BCUT2D eigenvalue weighted by molar-refractivity contribution is 6.35. The van der Waals surface area contributed by atoms with E-state index in [1.807, 2.05) is 0 Å². The first-order valence-corrected chi connectivity index (χ1v) is 11.0. The standard InChI is InChI=1S/C24H26ClFN4O4/c1-13(23(33)34)27-22(32)20(24(2,3)4)28-21(31)18-16-6-5-7-17(25)19(16)30(29-18)12-14-8-10-15(26)11-9-14/h5-11,13,20H,12H2,1-4H3,(H,27,32)(H,28,31)(H,33,34)/t13-,20+/m1/s1. The number of aliphatic carboxylic acids is 1. The van der Waals surface area contributed by atoms with Crippen LogP contribution in [0.5, 0.6) is 0 Å². The molecule has 0 unspecified atom stereocenters. The molecule has 10 heteroatoms. The Morgan fingerprint density at radius 3 is 2.35 bits per heavy atom. The van der Waals surface area contributed by atoms with Crippen LogP contribution in [0.4, 0.5) is 4.39 Å². The fourth-order valence-electron chi connectivity index (χ4n) is 3.47. The molecule has 0 aliphatic heterocycles. The molecule has 2 aromatic carbocycles. The number of nitrogens with one attached hydrogen (secondary N) is 2. The van der Waals surface area contributed by atoms with Gasteiger partial charge in [0, 0.05) is 5.39 Å². The Labute approximate surface area is 201 Å². The molecule has 0 fully saturated rings. The highest BCUT2D eigenvalue weighted by atomic mass is 35.5.